The van der Waals surface area contributed by atoms with Crippen LogP contribution in [0.4, 0.5) is 0 Å². The van der Waals surface area contributed by atoms with Gasteiger partial charge >= 0.3 is 0 Å². The first-order valence-corrected chi connectivity index (χ1v) is 7.07. The van der Waals surface area contributed by atoms with E-state index in [2.05, 4.69) is 15.2 Å². The van der Waals surface area contributed by atoms with Crippen LogP contribution < -0.4 is 5.73 Å². The molecule has 116 valence electrons. The molecular weight excluding hydrogens is 272 g/mol. The van der Waals surface area contributed by atoms with Gasteiger partial charge in [-0.2, -0.15) is 5.10 Å². The zero-order valence-electron chi connectivity index (χ0n) is 12.4. The van der Waals surface area contributed by atoms with Crippen molar-refractivity contribution < 1.29 is 10.0 Å². The van der Waals surface area contributed by atoms with Gasteiger partial charge in [0.15, 0.2) is 5.84 Å². The predicted molar refractivity (Wildman–Crippen MR) is 78.2 cm³/mol. The summed E-state index contributed by atoms with van der Waals surface area (Å²) in [5.41, 5.74) is 6.31. The molecule has 0 saturated carbocycles. The lowest BCUT2D eigenvalue weighted by Crippen LogP contribution is -2.55. The lowest BCUT2D eigenvalue weighted by atomic mass is 10.1. The van der Waals surface area contributed by atoms with Gasteiger partial charge in [-0.1, -0.05) is 12.1 Å². The molecule has 0 radical (unpaired) electrons. The zero-order valence-corrected chi connectivity index (χ0v) is 12.4. The van der Waals surface area contributed by atoms with Crippen molar-refractivity contribution in [2.75, 3.05) is 26.2 Å². The van der Waals surface area contributed by atoms with Crippen molar-refractivity contribution in [3.8, 4) is 0 Å². The first-order chi connectivity index (χ1) is 10.1. The number of hydrogen-bond donors (Lipinski definition) is 2. The highest BCUT2D eigenvalue weighted by molar-refractivity contribution is 5.92. The molecular formula is C13H22N6O2. The Labute approximate surface area is 123 Å². The number of carbonyl (C=O) groups is 1. The monoisotopic (exact) mass is 294 g/mol. The number of aryl methyl sites for hydroxylation is 1. The normalized spacial score (nSPS) is 18.8. The Kier molecular flexibility index (Phi) is 4.79. The minimum atomic E-state index is -0.0797. The molecule has 8 heteroatoms. The van der Waals surface area contributed by atoms with E-state index in [1.807, 2.05) is 11.8 Å². The van der Waals surface area contributed by atoms with Gasteiger partial charge in [0.2, 0.25) is 0 Å². The fourth-order valence-corrected chi connectivity index (χ4v) is 2.70. The Morgan fingerprint density at radius 1 is 1.48 bits per heavy atom. The average molecular weight is 294 g/mol. The van der Waals surface area contributed by atoms with Crippen LogP contribution in [-0.4, -0.2) is 68.8 Å². The number of carbonyl (C=O) groups excluding carboxylic acids is 1. The summed E-state index contributed by atoms with van der Waals surface area (Å²) in [5, 5.41) is 15.9. The Balaban J connectivity index is 1.97. The van der Waals surface area contributed by atoms with E-state index in [1.54, 1.807) is 24.0 Å². The third kappa shape index (κ3) is 3.15. The Bertz CT molecular complexity index is 518. The summed E-state index contributed by atoms with van der Waals surface area (Å²) in [5.74, 6) is 0.218. The Hall–Kier alpha value is -2.09. The second kappa shape index (κ2) is 6.57. The second-order valence-corrected chi connectivity index (χ2v) is 5.12. The first kappa shape index (κ1) is 15.3. The van der Waals surface area contributed by atoms with Gasteiger partial charge in [-0.05, 0) is 12.5 Å². The lowest BCUT2D eigenvalue weighted by molar-refractivity contribution is 0.0598. The van der Waals surface area contributed by atoms with Crippen molar-refractivity contribution in [2.45, 2.75) is 19.4 Å². The molecule has 8 nitrogen and oxygen atoms in total. The van der Waals surface area contributed by atoms with Gasteiger partial charge in [0.1, 0.15) is 5.69 Å². The first-order valence-electron chi connectivity index (χ1n) is 7.07. The molecule has 1 aromatic rings. The number of oxime groups is 1. The van der Waals surface area contributed by atoms with E-state index in [-0.39, 0.29) is 17.8 Å². The van der Waals surface area contributed by atoms with Crippen molar-refractivity contribution in [3.05, 3.63) is 18.0 Å². The van der Waals surface area contributed by atoms with Crippen LogP contribution in [0.1, 0.15) is 23.8 Å². The van der Waals surface area contributed by atoms with Gasteiger partial charge in [0.05, 0.1) is 6.04 Å². The van der Waals surface area contributed by atoms with Crippen LogP contribution in [0.3, 0.4) is 0 Å². The molecule has 2 heterocycles. The Morgan fingerprint density at radius 2 is 2.14 bits per heavy atom. The molecule has 3 N–H and O–H groups in total. The van der Waals surface area contributed by atoms with Gasteiger partial charge in [-0.15, -0.1) is 0 Å². The maximum atomic E-state index is 12.4. The highest BCUT2D eigenvalue weighted by Crippen LogP contribution is 2.12. The van der Waals surface area contributed by atoms with Crippen molar-refractivity contribution in [1.82, 2.24) is 19.6 Å². The topological polar surface area (TPSA) is 100.0 Å². The molecule has 1 atom stereocenters. The van der Waals surface area contributed by atoms with Gasteiger partial charge in [0, 0.05) is 39.4 Å². The van der Waals surface area contributed by atoms with Gasteiger partial charge < -0.3 is 15.8 Å². The van der Waals surface area contributed by atoms with E-state index in [0.29, 0.717) is 31.9 Å². The number of hydrogen-bond acceptors (Lipinski definition) is 5. The van der Waals surface area contributed by atoms with E-state index in [4.69, 9.17) is 10.9 Å². The van der Waals surface area contributed by atoms with E-state index < -0.39 is 0 Å². The lowest BCUT2D eigenvalue weighted by Gasteiger charge is -2.38. The van der Waals surface area contributed by atoms with Crippen LogP contribution in [0, 0.1) is 0 Å². The molecule has 1 aromatic heterocycles. The summed E-state index contributed by atoms with van der Waals surface area (Å²) in [4.78, 5) is 16.3. The van der Waals surface area contributed by atoms with Crippen LogP contribution >= 0.6 is 0 Å². The van der Waals surface area contributed by atoms with Crippen molar-refractivity contribution in [1.29, 1.82) is 0 Å². The van der Waals surface area contributed by atoms with Crippen molar-refractivity contribution in [2.24, 2.45) is 17.9 Å². The van der Waals surface area contributed by atoms with Crippen LogP contribution in [-0.2, 0) is 7.05 Å². The van der Waals surface area contributed by atoms with E-state index in [0.717, 1.165) is 6.42 Å². The van der Waals surface area contributed by atoms with Crippen LogP contribution in [0.5, 0.6) is 0 Å². The molecule has 1 aliphatic rings. The fourth-order valence-electron chi connectivity index (χ4n) is 2.70. The number of piperazine rings is 1. The molecule has 2 rings (SSSR count). The molecule has 1 amide bonds. The molecule has 0 bridgehead atoms. The number of amidine groups is 1. The van der Waals surface area contributed by atoms with Gasteiger partial charge in [0.25, 0.3) is 5.91 Å². The minimum Gasteiger partial charge on any atom is -0.409 e. The highest BCUT2D eigenvalue weighted by Gasteiger charge is 2.28. The van der Waals surface area contributed by atoms with Crippen LogP contribution in [0.2, 0.25) is 0 Å². The highest BCUT2D eigenvalue weighted by atomic mass is 16.4. The van der Waals surface area contributed by atoms with E-state index in [9.17, 15) is 4.79 Å². The standard InChI is InChI=1S/C13H22N6O2/c1-3-10(12(14)16-21)18-6-8-19(9-7-18)13(20)11-4-5-15-17(11)2/h4-5,10,21H,3,6-9H2,1-2H3,(H2,14,16). The summed E-state index contributed by atoms with van der Waals surface area (Å²) >= 11 is 0. The molecule has 1 unspecified atom stereocenters. The number of nitrogens with two attached hydrogens (primary N) is 1. The SMILES string of the molecule is CCC(C(N)=NO)N1CCN(C(=O)c2ccnn2C)CC1. The van der Waals surface area contributed by atoms with E-state index in [1.165, 1.54) is 0 Å². The third-order valence-corrected chi connectivity index (χ3v) is 3.93. The van der Waals surface area contributed by atoms with Crippen molar-refractivity contribution >= 4 is 11.7 Å². The summed E-state index contributed by atoms with van der Waals surface area (Å²) < 4.78 is 1.58. The molecule has 0 aliphatic carbocycles. The number of rotatable bonds is 4. The number of amides is 1. The summed E-state index contributed by atoms with van der Waals surface area (Å²) in [7, 11) is 1.76. The quantitative estimate of drug-likeness (QED) is 0.344. The molecule has 1 fully saturated rings. The largest absolute Gasteiger partial charge is 0.409 e. The minimum absolute atomic E-state index is 0.00787. The fraction of sp³-hybridized carbons (Fsp3) is 0.615. The van der Waals surface area contributed by atoms with Gasteiger partial charge in [-0.25, -0.2) is 0 Å². The molecule has 1 aliphatic heterocycles. The number of nitrogens with zero attached hydrogens (tertiary/aromatic N) is 5. The zero-order chi connectivity index (χ0) is 15.4. The molecule has 1 saturated heterocycles. The summed E-state index contributed by atoms with van der Waals surface area (Å²) in [6, 6.07) is 1.64. The average Bonchev–Trinajstić information content (AvgIpc) is 2.94. The van der Waals surface area contributed by atoms with Crippen LogP contribution in [0.15, 0.2) is 17.4 Å². The predicted octanol–water partition coefficient (Wildman–Crippen LogP) is -0.297. The van der Waals surface area contributed by atoms with Crippen molar-refractivity contribution in [3.63, 3.8) is 0 Å². The Morgan fingerprint density at radius 3 is 2.62 bits per heavy atom. The third-order valence-electron chi connectivity index (χ3n) is 3.93. The van der Waals surface area contributed by atoms with E-state index >= 15 is 0 Å². The maximum Gasteiger partial charge on any atom is 0.272 e. The molecule has 21 heavy (non-hydrogen) atoms. The maximum absolute atomic E-state index is 12.4. The summed E-state index contributed by atoms with van der Waals surface area (Å²) in [6.45, 7) is 4.66. The molecule has 0 spiro atoms. The smallest absolute Gasteiger partial charge is 0.272 e. The van der Waals surface area contributed by atoms with Crippen LogP contribution in [0.25, 0.3) is 0 Å². The molecule has 0 aromatic carbocycles. The second-order valence-electron chi connectivity index (χ2n) is 5.12. The number of aromatic nitrogens is 2. The van der Waals surface area contributed by atoms with Gasteiger partial charge in [-0.3, -0.25) is 14.4 Å². The summed E-state index contributed by atoms with van der Waals surface area (Å²) in [6.07, 6.45) is 2.39.